The van der Waals surface area contributed by atoms with E-state index < -0.39 is 5.54 Å². The van der Waals surface area contributed by atoms with Crippen LogP contribution in [0.2, 0.25) is 0 Å². The van der Waals surface area contributed by atoms with Gasteiger partial charge in [-0.2, -0.15) is 0 Å². The van der Waals surface area contributed by atoms with Gasteiger partial charge in [0.1, 0.15) is 5.54 Å². The Balaban J connectivity index is 2.15. The lowest BCUT2D eigenvalue weighted by Crippen LogP contribution is -2.51. The number of hydrogen-bond acceptors (Lipinski definition) is 3. The number of likely N-dealkylation sites (tertiary alicyclic amines) is 1. The fourth-order valence-corrected chi connectivity index (χ4v) is 3.16. The van der Waals surface area contributed by atoms with Gasteiger partial charge in [0.15, 0.2) is 0 Å². The molecule has 1 unspecified atom stereocenters. The van der Waals surface area contributed by atoms with E-state index in [1.54, 1.807) is 0 Å². The van der Waals surface area contributed by atoms with Crippen molar-refractivity contribution in [2.45, 2.75) is 45.1 Å². The number of carbonyl (C=O) groups excluding carboxylic acids is 1. The van der Waals surface area contributed by atoms with Gasteiger partial charge in [0.25, 0.3) is 0 Å². The summed E-state index contributed by atoms with van der Waals surface area (Å²) in [5.41, 5.74) is 7.31. The molecular weight excluding hydrogens is 262 g/mol. The predicted octanol–water partition coefficient (Wildman–Crippen LogP) is 2.53. The number of nitrogens with zero attached hydrogens (tertiary/aromatic N) is 1. The van der Waals surface area contributed by atoms with Crippen LogP contribution in [0.3, 0.4) is 0 Å². The van der Waals surface area contributed by atoms with Crippen LogP contribution < -0.4 is 11.1 Å². The first-order valence-corrected chi connectivity index (χ1v) is 7.93. The van der Waals surface area contributed by atoms with Crippen LogP contribution in [0.5, 0.6) is 0 Å². The van der Waals surface area contributed by atoms with Gasteiger partial charge >= 0.3 is 0 Å². The first-order chi connectivity index (χ1) is 10.1. The summed E-state index contributed by atoms with van der Waals surface area (Å²) in [4.78, 5) is 14.6. The van der Waals surface area contributed by atoms with Crippen LogP contribution in [0.15, 0.2) is 24.3 Å². The largest absolute Gasteiger partial charge is 0.371 e. The van der Waals surface area contributed by atoms with Crippen molar-refractivity contribution in [2.24, 2.45) is 5.73 Å². The van der Waals surface area contributed by atoms with E-state index in [0.29, 0.717) is 0 Å². The number of amides is 1. The first-order valence-electron chi connectivity index (χ1n) is 7.93. The zero-order chi connectivity index (χ0) is 15.3. The summed E-state index contributed by atoms with van der Waals surface area (Å²) in [5.74, 6) is -0.234. The Labute approximate surface area is 127 Å². The Morgan fingerprint density at radius 3 is 2.86 bits per heavy atom. The lowest BCUT2D eigenvalue weighted by molar-refractivity contribution is -0.122. The Morgan fingerprint density at radius 2 is 2.19 bits per heavy atom. The molecule has 1 atom stereocenters. The van der Waals surface area contributed by atoms with Gasteiger partial charge in [0.05, 0.1) is 0 Å². The van der Waals surface area contributed by atoms with Gasteiger partial charge in [-0.05, 0) is 63.4 Å². The molecule has 21 heavy (non-hydrogen) atoms. The van der Waals surface area contributed by atoms with Crippen molar-refractivity contribution in [1.82, 2.24) is 4.90 Å². The maximum Gasteiger partial charge on any atom is 0.243 e. The summed E-state index contributed by atoms with van der Waals surface area (Å²) < 4.78 is 0. The van der Waals surface area contributed by atoms with Crippen LogP contribution in [-0.2, 0) is 4.79 Å². The van der Waals surface area contributed by atoms with Gasteiger partial charge < -0.3 is 16.0 Å². The van der Waals surface area contributed by atoms with Crippen molar-refractivity contribution in [1.29, 1.82) is 0 Å². The normalized spacial score (nSPS) is 23.5. The monoisotopic (exact) mass is 289 g/mol. The highest BCUT2D eigenvalue weighted by atomic mass is 16.1. The van der Waals surface area contributed by atoms with E-state index in [-0.39, 0.29) is 5.91 Å². The Morgan fingerprint density at radius 1 is 1.38 bits per heavy atom. The van der Waals surface area contributed by atoms with Crippen molar-refractivity contribution in [3.05, 3.63) is 29.8 Å². The molecule has 3 N–H and O–H groups in total. The van der Waals surface area contributed by atoms with E-state index in [1.165, 1.54) is 5.56 Å². The second kappa shape index (κ2) is 6.94. The molecule has 4 nitrogen and oxygen atoms in total. The van der Waals surface area contributed by atoms with Crippen LogP contribution in [0.4, 0.5) is 5.69 Å². The summed E-state index contributed by atoms with van der Waals surface area (Å²) in [6, 6.07) is 8.14. The Bertz CT molecular complexity index is 489. The van der Waals surface area contributed by atoms with Gasteiger partial charge in [-0.25, -0.2) is 0 Å². The van der Waals surface area contributed by atoms with Crippen LogP contribution in [0.25, 0.3) is 0 Å². The SMILES string of the molecule is CCCN1CCCC(Nc2cccc(C)c2)(C(N)=O)CC1. The molecule has 1 aliphatic heterocycles. The van der Waals surface area contributed by atoms with Crippen molar-refractivity contribution < 1.29 is 4.79 Å². The molecule has 1 aliphatic rings. The van der Waals surface area contributed by atoms with E-state index in [4.69, 9.17) is 5.73 Å². The number of primary amides is 1. The lowest BCUT2D eigenvalue weighted by atomic mass is 9.89. The average Bonchev–Trinajstić information content (AvgIpc) is 2.63. The fraction of sp³-hybridized carbons (Fsp3) is 0.588. The zero-order valence-corrected chi connectivity index (χ0v) is 13.2. The van der Waals surface area contributed by atoms with Crippen molar-refractivity contribution >= 4 is 11.6 Å². The number of nitrogens with one attached hydrogen (secondary N) is 1. The molecule has 0 bridgehead atoms. The minimum absolute atomic E-state index is 0.234. The minimum Gasteiger partial charge on any atom is -0.371 e. The number of carbonyl (C=O) groups is 1. The zero-order valence-electron chi connectivity index (χ0n) is 13.2. The molecule has 2 rings (SSSR count). The van der Waals surface area contributed by atoms with Crippen molar-refractivity contribution in [3.63, 3.8) is 0 Å². The number of nitrogens with two attached hydrogens (primary N) is 1. The van der Waals surface area contributed by atoms with Crippen LogP contribution in [0, 0.1) is 6.92 Å². The van der Waals surface area contributed by atoms with Gasteiger partial charge in [0, 0.05) is 12.2 Å². The fourth-order valence-electron chi connectivity index (χ4n) is 3.16. The molecule has 116 valence electrons. The van der Waals surface area contributed by atoms with Crippen molar-refractivity contribution in [3.8, 4) is 0 Å². The van der Waals surface area contributed by atoms with E-state index in [0.717, 1.165) is 51.0 Å². The molecule has 0 spiro atoms. The lowest BCUT2D eigenvalue weighted by Gasteiger charge is -2.32. The molecule has 0 radical (unpaired) electrons. The molecule has 0 aliphatic carbocycles. The standard InChI is InChI=1S/C17H27N3O/c1-3-10-20-11-5-8-17(9-12-20,16(18)21)19-15-7-4-6-14(2)13-15/h4,6-7,13,19H,3,5,8-12H2,1-2H3,(H2,18,21). The summed E-state index contributed by atoms with van der Waals surface area (Å²) in [6.45, 7) is 7.32. The molecule has 0 aromatic heterocycles. The third kappa shape index (κ3) is 3.97. The van der Waals surface area contributed by atoms with Crippen LogP contribution in [-0.4, -0.2) is 36.0 Å². The second-order valence-electron chi connectivity index (χ2n) is 6.14. The number of benzene rings is 1. The molecule has 1 heterocycles. The topological polar surface area (TPSA) is 58.4 Å². The molecule has 1 aromatic carbocycles. The van der Waals surface area contributed by atoms with Gasteiger partial charge in [-0.15, -0.1) is 0 Å². The quantitative estimate of drug-likeness (QED) is 0.875. The summed E-state index contributed by atoms with van der Waals surface area (Å²) in [7, 11) is 0. The molecular formula is C17H27N3O. The first kappa shape index (κ1) is 15.8. The maximum atomic E-state index is 12.1. The van der Waals surface area contributed by atoms with Gasteiger partial charge in [-0.3, -0.25) is 4.79 Å². The summed E-state index contributed by atoms with van der Waals surface area (Å²) in [5, 5.41) is 3.44. The summed E-state index contributed by atoms with van der Waals surface area (Å²) in [6.07, 6.45) is 3.73. The summed E-state index contributed by atoms with van der Waals surface area (Å²) >= 11 is 0. The number of hydrogen-bond donors (Lipinski definition) is 2. The third-order valence-electron chi connectivity index (χ3n) is 4.35. The maximum absolute atomic E-state index is 12.1. The van der Waals surface area contributed by atoms with Gasteiger partial charge in [0.2, 0.25) is 5.91 Å². The van der Waals surface area contributed by atoms with E-state index in [1.807, 2.05) is 12.1 Å². The molecule has 1 fully saturated rings. The predicted molar refractivity (Wildman–Crippen MR) is 87.3 cm³/mol. The molecule has 1 amide bonds. The average molecular weight is 289 g/mol. The molecule has 0 saturated carbocycles. The smallest absolute Gasteiger partial charge is 0.243 e. The Kier molecular flexibility index (Phi) is 5.23. The van der Waals surface area contributed by atoms with E-state index in [9.17, 15) is 4.79 Å². The van der Waals surface area contributed by atoms with Crippen LogP contribution >= 0.6 is 0 Å². The van der Waals surface area contributed by atoms with Gasteiger partial charge in [-0.1, -0.05) is 19.1 Å². The van der Waals surface area contributed by atoms with E-state index >= 15 is 0 Å². The highest BCUT2D eigenvalue weighted by molar-refractivity contribution is 5.88. The Hall–Kier alpha value is -1.55. The molecule has 4 heteroatoms. The third-order valence-corrected chi connectivity index (χ3v) is 4.35. The second-order valence-corrected chi connectivity index (χ2v) is 6.14. The van der Waals surface area contributed by atoms with Crippen LogP contribution in [0.1, 0.15) is 38.2 Å². The number of rotatable bonds is 5. The number of aryl methyl sites for hydroxylation is 1. The molecule has 1 saturated heterocycles. The molecule has 1 aromatic rings. The minimum atomic E-state index is -0.615. The van der Waals surface area contributed by atoms with E-state index in [2.05, 4.69) is 36.2 Å². The van der Waals surface area contributed by atoms with Crippen molar-refractivity contribution in [2.75, 3.05) is 25.0 Å². The highest BCUT2D eigenvalue weighted by Crippen LogP contribution is 2.27. The number of anilines is 1. The highest BCUT2D eigenvalue weighted by Gasteiger charge is 2.38.